The van der Waals surface area contributed by atoms with Crippen molar-refractivity contribution in [2.24, 2.45) is 5.92 Å². The van der Waals surface area contributed by atoms with Gasteiger partial charge in [0.1, 0.15) is 5.75 Å². The Balaban J connectivity index is 1.63. The highest BCUT2D eigenvalue weighted by atomic mass is 35.5. The zero-order valence-electron chi connectivity index (χ0n) is 11.9. The van der Waals surface area contributed by atoms with Crippen molar-refractivity contribution in [3.05, 3.63) is 28.8 Å². The lowest BCUT2D eigenvalue weighted by Gasteiger charge is -2.35. The number of phenolic OH excluding ortho intramolecular Hbond substituents is 1. The molecule has 1 atom stereocenters. The lowest BCUT2D eigenvalue weighted by molar-refractivity contribution is -0.133. The highest BCUT2D eigenvalue weighted by molar-refractivity contribution is 6.32. The Morgan fingerprint density at radius 2 is 2.19 bits per heavy atom. The minimum absolute atomic E-state index is 0.0295. The maximum absolute atomic E-state index is 12.4. The number of hydrogen-bond acceptors (Lipinski definition) is 3. The molecule has 0 bridgehead atoms. The number of hydrogen-bond donors (Lipinski definition) is 2. The highest BCUT2D eigenvalue weighted by Crippen LogP contribution is 2.45. The van der Waals surface area contributed by atoms with E-state index in [1.54, 1.807) is 12.1 Å². The van der Waals surface area contributed by atoms with E-state index in [9.17, 15) is 15.0 Å². The number of phenols is 1. The molecule has 1 amide bonds. The van der Waals surface area contributed by atoms with Gasteiger partial charge < -0.3 is 15.1 Å². The molecule has 1 heterocycles. The third kappa shape index (κ3) is 3.16. The molecule has 0 aromatic heterocycles. The van der Waals surface area contributed by atoms with Crippen LogP contribution in [0.1, 0.15) is 31.2 Å². The first kappa shape index (κ1) is 14.7. The number of likely N-dealkylation sites (tertiary alicyclic amines) is 1. The quantitative estimate of drug-likeness (QED) is 0.901. The molecule has 114 valence electrons. The normalized spacial score (nSPS) is 23.9. The molecular weight excluding hydrogens is 290 g/mol. The Morgan fingerprint density at radius 3 is 2.86 bits per heavy atom. The van der Waals surface area contributed by atoms with Crippen LogP contribution in [0.3, 0.4) is 0 Å². The van der Waals surface area contributed by atoms with Gasteiger partial charge in [-0.1, -0.05) is 17.7 Å². The number of halogens is 1. The Labute approximate surface area is 129 Å². The van der Waals surface area contributed by atoms with Gasteiger partial charge in [-0.25, -0.2) is 0 Å². The van der Waals surface area contributed by atoms with Crippen LogP contribution in [-0.4, -0.2) is 39.7 Å². The number of rotatable bonds is 3. The molecule has 0 spiro atoms. The molecule has 1 saturated heterocycles. The van der Waals surface area contributed by atoms with E-state index < -0.39 is 5.60 Å². The van der Waals surface area contributed by atoms with Gasteiger partial charge in [-0.05, 0) is 43.4 Å². The molecule has 0 radical (unpaired) electrons. The Kier molecular flexibility index (Phi) is 3.84. The number of piperidine rings is 1. The van der Waals surface area contributed by atoms with E-state index >= 15 is 0 Å². The molecule has 2 N–H and O–H groups in total. The SMILES string of the molecule is O=C(Cc1ccc(O)c(Cl)c1)N1CCCC(C2(O)CC2)C1. The van der Waals surface area contributed by atoms with Crippen molar-refractivity contribution in [2.45, 2.75) is 37.7 Å². The van der Waals surface area contributed by atoms with E-state index in [2.05, 4.69) is 0 Å². The molecule has 5 heteroatoms. The van der Waals surface area contributed by atoms with E-state index in [0.29, 0.717) is 6.54 Å². The summed E-state index contributed by atoms with van der Waals surface area (Å²) < 4.78 is 0. The molecular formula is C16H20ClNO3. The van der Waals surface area contributed by atoms with Crippen molar-refractivity contribution in [1.82, 2.24) is 4.90 Å². The van der Waals surface area contributed by atoms with Crippen LogP contribution in [0.15, 0.2) is 18.2 Å². The summed E-state index contributed by atoms with van der Waals surface area (Å²) in [5.74, 6) is 0.311. The van der Waals surface area contributed by atoms with Crippen LogP contribution in [0.4, 0.5) is 0 Å². The first-order chi connectivity index (χ1) is 9.98. The second-order valence-electron chi connectivity index (χ2n) is 6.25. The summed E-state index contributed by atoms with van der Waals surface area (Å²) in [4.78, 5) is 14.2. The van der Waals surface area contributed by atoms with Gasteiger partial charge in [0.25, 0.3) is 0 Å². The van der Waals surface area contributed by atoms with Gasteiger partial charge >= 0.3 is 0 Å². The largest absolute Gasteiger partial charge is 0.506 e. The van der Waals surface area contributed by atoms with Gasteiger partial charge in [0, 0.05) is 19.0 Å². The second-order valence-corrected chi connectivity index (χ2v) is 6.65. The number of benzene rings is 1. The highest BCUT2D eigenvalue weighted by Gasteiger charge is 2.48. The fourth-order valence-corrected chi connectivity index (χ4v) is 3.33. The van der Waals surface area contributed by atoms with Crippen LogP contribution in [-0.2, 0) is 11.2 Å². The van der Waals surface area contributed by atoms with E-state index in [0.717, 1.165) is 37.8 Å². The topological polar surface area (TPSA) is 60.8 Å². The predicted octanol–water partition coefficient (Wildman–Crippen LogP) is 2.35. The number of carbonyl (C=O) groups excluding carboxylic acids is 1. The first-order valence-corrected chi connectivity index (χ1v) is 7.83. The van der Waals surface area contributed by atoms with Crippen LogP contribution in [0.25, 0.3) is 0 Å². The third-order valence-corrected chi connectivity index (χ3v) is 4.97. The molecule has 21 heavy (non-hydrogen) atoms. The molecule has 1 aliphatic carbocycles. The molecule has 1 aromatic rings. The van der Waals surface area contributed by atoms with Crippen molar-refractivity contribution in [1.29, 1.82) is 0 Å². The molecule has 3 rings (SSSR count). The molecule has 2 fully saturated rings. The van der Waals surface area contributed by atoms with Crippen LogP contribution < -0.4 is 0 Å². The monoisotopic (exact) mass is 309 g/mol. The summed E-state index contributed by atoms with van der Waals surface area (Å²) in [7, 11) is 0. The smallest absolute Gasteiger partial charge is 0.227 e. The summed E-state index contributed by atoms with van der Waals surface area (Å²) in [6.45, 7) is 1.42. The third-order valence-electron chi connectivity index (χ3n) is 4.66. The minimum atomic E-state index is -0.513. The minimum Gasteiger partial charge on any atom is -0.506 e. The van der Waals surface area contributed by atoms with Crippen LogP contribution in [0, 0.1) is 5.92 Å². The average molecular weight is 310 g/mol. The van der Waals surface area contributed by atoms with Crippen molar-refractivity contribution in [3.63, 3.8) is 0 Å². The standard InChI is InChI=1S/C16H20ClNO3/c17-13-8-11(3-4-14(13)19)9-15(20)18-7-1-2-12(10-18)16(21)5-6-16/h3-4,8,12,19,21H,1-2,5-7,9-10H2. The fourth-order valence-electron chi connectivity index (χ4n) is 3.13. The van der Waals surface area contributed by atoms with Gasteiger partial charge in [-0.15, -0.1) is 0 Å². The molecule has 1 unspecified atom stereocenters. The van der Waals surface area contributed by atoms with Crippen molar-refractivity contribution in [2.75, 3.05) is 13.1 Å². The van der Waals surface area contributed by atoms with Gasteiger partial charge in [-0.2, -0.15) is 0 Å². The number of carbonyl (C=O) groups is 1. The summed E-state index contributed by atoms with van der Waals surface area (Å²) >= 11 is 5.87. The van der Waals surface area contributed by atoms with Crippen molar-refractivity contribution >= 4 is 17.5 Å². The van der Waals surface area contributed by atoms with E-state index in [1.807, 2.05) is 4.90 Å². The van der Waals surface area contributed by atoms with E-state index in [4.69, 9.17) is 11.6 Å². The molecule has 1 aliphatic heterocycles. The molecule has 2 aliphatic rings. The number of aliphatic hydroxyl groups is 1. The maximum Gasteiger partial charge on any atom is 0.227 e. The summed E-state index contributed by atoms with van der Waals surface area (Å²) in [6.07, 6.45) is 3.98. The zero-order chi connectivity index (χ0) is 15.0. The molecule has 1 saturated carbocycles. The fraction of sp³-hybridized carbons (Fsp3) is 0.562. The van der Waals surface area contributed by atoms with Gasteiger partial charge in [-0.3, -0.25) is 4.79 Å². The van der Waals surface area contributed by atoms with E-state index in [1.165, 1.54) is 6.07 Å². The lowest BCUT2D eigenvalue weighted by atomic mass is 9.90. The number of aromatic hydroxyl groups is 1. The predicted molar refractivity (Wildman–Crippen MR) is 80.3 cm³/mol. The molecule has 1 aromatic carbocycles. The first-order valence-electron chi connectivity index (χ1n) is 7.45. The summed E-state index contributed by atoms with van der Waals surface area (Å²) in [5.41, 5.74) is 0.288. The van der Waals surface area contributed by atoms with Crippen LogP contribution in [0.5, 0.6) is 5.75 Å². The van der Waals surface area contributed by atoms with Gasteiger partial charge in [0.2, 0.25) is 5.91 Å². The van der Waals surface area contributed by atoms with E-state index in [-0.39, 0.29) is 29.0 Å². The maximum atomic E-state index is 12.4. The molecule has 4 nitrogen and oxygen atoms in total. The summed E-state index contributed by atoms with van der Waals surface area (Å²) in [5, 5.41) is 19.9. The Hall–Kier alpha value is -1.26. The lowest BCUT2D eigenvalue weighted by Crippen LogP contribution is -2.44. The number of nitrogens with zero attached hydrogens (tertiary/aromatic N) is 1. The average Bonchev–Trinajstić information content (AvgIpc) is 3.22. The Morgan fingerprint density at radius 1 is 1.43 bits per heavy atom. The van der Waals surface area contributed by atoms with Gasteiger partial charge in [0.05, 0.1) is 17.0 Å². The number of amides is 1. The van der Waals surface area contributed by atoms with Crippen molar-refractivity contribution in [3.8, 4) is 5.75 Å². The Bertz CT molecular complexity index is 556. The van der Waals surface area contributed by atoms with Crippen LogP contribution >= 0.6 is 11.6 Å². The summed E-state index contributed by atoms with van der Waals surface area (Å²) in [6, 6.07) is 4.86. The van der Waals surface area contributed by atoms with Crippen molar-refractivity contribution < 1.29 is 15.0 Å². The zero-order valence-corrected chi connectivity index (χ0v) is 12.6. The van der Waals surface area contributed by atoms with Gasteiger partial charge in [0.15, 0.2) is 0 Å². The van der Waals surface area contributed by atoms with Crippen LogP contribution in [0.2, 0.25) is 5.02 Å². The second kappa shape index (κ2) is 5.50.